The van der Waals surface area contributed by atoms with E-state index in [-0.39, 0.29) is 29.8 Å². The Balaban J connectivity index is 1.31. The van der Waals surface area contributed by atoms with Gasteiger partial charge in [-0.15, -0.1) is 0 Å². The number of amides is 2. The molecule has 4 heterocycles. The van der Waals surface area contributed by atoms with Gasteiger partial charge in [0.05, 0.1) is 17.3 Å². The summed E-state index contributed by atoms with van der Waals surface area (Å²) in [6, 6.07) is 11.4. The fourth-order valence-electron chi connectivity index (χ4n) is 5.29. The molecule has 0 aliphatic carbocycles. The lowest BCUT2D eigenvalue weighted by atomic mass is 9.99. The van der Waals surface area contributed by atoms with Gasteiger partial charge in [0, 0.05) is 31.5 Å². The number of para-hydroxylation sites is 1. The van der Waals surface area contributed by atoms with Crippen LogP contribution < -0.4 is 10.2 Å². The van der Waals surface area contributed by atoms with Crippen molar-refractivity contribution in [2.45, 2.75) is 51.5 Å². The van der Waals surface area contributed by atoms with E-state index in [2.05, 4.69) is 15.4 Å². The van der Waals surface area contributed by atoms with Crippen LogP contribution in [0, 0.1) is 26.7 Å². The van der Waals surface area contributed by atoms with Crippen LogP contribution in [0.1, 0.15) is 35.4 Å². The maximum atomic E-state index is 13.7. The minimum atomic E-state index is -3.92. The van der Waals surface area contributed by atoms with Gasteiger partial charge in [-0.05, 0) is 63.3 Å². The van der Waals surface area contributed by atoms with Gasteiger partial charge in [0.1, 0.15) is 17.3 Å². The molecule has 38 heavy (non-hydrogen) atoms. The maximum Gasteiger partial charge on any atom is 0.248 e. The summed E-state index contributed by atoms with van der Waals surface area (Å²) >= 11 is 0. The van der Waals surface area contributed by atoms with E-state index in [1.807, 2.05) is 37.3 Å². The molecule has 0 saturated carbocycles. The number of sulfonamides is 1. The van der Waals surface area contributed by atoms with Crippen LogP contribution in [0.4, 0.5) is 11.5 Å². The van der Waals surface area contributed by atoms with E-state index < -0.39 is 15.9 Å². The Bertz CT molecular complexity index is 1480. The average molecular weight is 537 g/mol. The highest BCUT2D eigenvalue weighted by molar-refractivity contribution is 7.89. The Morgan fingerprint density at radius 3 is 2.63 bits per heavy atom. The Labute approximate surface area is 222 Å². The zero-order valence-corrected chi connectivity index (χ0v) is 22.7. The summed E-state index contributed by atoms with van der Waals surface area (Å²) < 4.78 is 30.3. The average Bonchev–Trinajstić information content (AvgIpc) is 3.46. The minimum Gasteiger partial charge on any atom is -0.310 e. The first-order valence-corrected chi connectivity index (χ1v) is 14.2. The number of benzene rings is 1. The summed E-state index contributed by atoms with van der Waals surface area (Å²) in [6.07, 6.45) is 3.62. The molecule has 11 heteroatoms. The zero-order valence-electron chi connectivity index (χ0n) is 21.8. The number of hydrogen-bond acceptors (Lipinski definition) is 6. The lowest BCUT2D eigenvalue weighted by Crippen LogP contribution is -2.44. The standard InChI is InChI=1S/C27H32N6O4S/c1-18-10-11-24(28-15-18)29-27(35)22-8-6-13-31(16-22)38(36,37)26-19(2)30-33(20(26)3)17-25(34)32-14-12-21-7-4-5-9-23(21)32/h4-5,7,9-11,15,22H,6,8,12-14,16-17H2,1-3H3,(H,28,29,35)/t22-/m1/s1. The van der Waals surface area contributed by atoms with Crippen LogP contribution in [0.3, 0.4) is 0 Å². The van der Waals surface area contributed by atoms with E-state index in [9.17, 15) is 18.0 Å². The van der Waals surface area contributed by atoms with Gasteiger partial charge in [0.2, 0.25) is 21.8 Å². The molecule has 0 spiro atoms. The van der Waals surface area contributed by atoms with E-state index in [1.54, 1.807) is 31.0 Å². The monoisotopic (exact) mass is 536 g/mol. The first-order valence-electron chi connectivity index (χ1n) is 12.8. The quantitative estimate of drug-likeness (QED) is 0.518. The smallest absolute Gasteiger partial charge is 0.248 e. The molecular formula is C27H32N6O4S. The Hall–Kier alpha value is -3.57. The molecule has 2 aliphatic heterocycles. The van der Waals surface area contributed by atoms with Crippen molar-refractivity contribution in [3.8, 4) is 0 Å². The molecule has 5 rings (SSSR count). The van der Waals surface area contributed by atoms with E-state index in [1.165, 1.54) is 8.99 Å². The highest BCUT2D eigenvalue weighted by Crippen LogP contribution is 2.30. The third-order valence-corrected chi connectivity index (χ3v) is 9.42. The molecule has 10 nitrogen and oxygen atoms in total. The predicted molar refractivity (Wildman–Crippen MR) is 143 cm³/mol. The molecule has 0 bridgehead atoms. The highest BCUT2D eigenvalue weighted by atomic mass is 32.2. The highest BCUT2D eigenvalue weighted by Gasteiger charge is 2.37. The van der Waals surface area contributed by atoms with Crippen LogP contribution in [0.25, 0.3) is 0 Å². The number of aromatic nitrogens is 3. The third-order valence-electron chi connectivity index (χ3n) is 7.30. The minimum absolute atomic E-state index is 0.0505. The number of carbonyl (C=O) groups excluding carboxylic acids is 2. The van der Waals surface area contributed by atoms with Crippen molar-refractivity contribution in [1.82, 2.24) is 19.1 Å². The number of fused-ring (bicyclic) bond motifs is 1. The van der Waals surface area contributed by atoms with Crippen molar-refractivity contribution in [2.75, 3.05) is 29.9 Å². The Morgan fingerprint density at radius 1 is 1.08 bits per heavy atom. The van der Waals surface area contributed by atoms with Gasteiger partial charge in [-0.25, -0.2) is 13.4 Å². The summed E-state index contributed by atoms with van der Waals surface area (Å²) in [6.45, 7) is 6.17. The lowest BCUT2D eigenvalue weighted by molar-refractivity contribution is -0.121. The SMILES string of the molecule is Cc1ccc(NC(=O)[C@@H]2CCCN(S(=O)(=O)c3c(C)nn(CC(=O)N4CCc5ccccc54)c3C)C2)nc1. The summed E-state index contributed by atoms with van der Waals surface area (Å²) in [5.41, 5.74) is 3.76. The summed E-state index contributed by atoms with van der Waals surface area (Å²) in [7, 11) is -3.92. The number of pyridine rings is 1. The van der Waals surface area contributed by atoms with Gasteiger partial charge in [-0.3, -0.25) is 14.3 Å². The van der Waals surface area contributed by atoms with E-state index in [4.69, 9.17) is 0 Å². The molecule has 3 aromatic rings. The normalized spacial score (nSPS) is 17.9. The molecule has 2 amide bonds. The molecule has 2 aliphatic rings. The first kappa shape index (κ1) is 26.1. The number of aryl methyl sites for hydroxylation is 2. The van der Waals surface area contributed by atoms with Gasteiger partial charge in [-0.1, -0.05) is 24.3 Å². The lowest BCUT2D eigenvalue weighted by Gasteiger charge is -2.31. The van der Waals surface area contributed by atoms with E-state index in [0.29, 0.717) is 43.1 Å². The largest absolute Gasteiger partial charge is 0.310 e. The van der Waals surface area contributed by atoms with Gasteiger partial charge >= 0.3 is 0 Å². The van der Waals surface area contributed by atoms with Gasteiger partial charge < -0.3 is 10.2 Å². The topological polar surface area (TPSA) is 118 Å². The molecule has 0 unspecified atom stereocenters. The van der Waals surface area contributed by atoms with Crippen molar-refractivity contribution in [3.63, 3.8) is 0 Å². The van der Waals surface area contributed by atoms with Crippen molar-refractivity contribution in [2.24, 2.45) is 5.92 Å². The number of anilines is 2. The van der Waals surface area contributed by atoms with Crippen LogP contribution in [0.5, 0.6) is 0 Å². The number of piperidine rings is 1. The molecule has 1 saturated heterocycles. The van der Waals surface area contributed by atoms with Gasteiger partial charge in [0.25, 0.3) is 0 Å². The summed E-state index contributed by atoms with van der Waals surface area (Å²) in [5, 5.41) is 7.23. The first-order chi connectivity index (χ1) is 18.1. The van der Waals surface area contributed by atoms with E-state index >= 15 is 0 Å². The van der Waals surface area contributed by atoms with Gasteiger partial charge in [-0.2, -0.15) is 9.40 Å². The van der Waals surface area contributed by atoms with Crippen molar-refractivity contribution in [1.29, 1.82) is 0 Å². The molecule has 1 fully saturated rings. The molecular weight excluding hydrogens is 504 g/mol. The summed E-state index contributed by atoms with van der Waals surface area (Å²) in [5.74, 6) is -0.432. The second-order valence-electron chi connectivity index (χ2n) is 9.99. The molecule has 1 atom stereocenters. The third kappa shape index (κ3) is 4.95. The predicted octanol–water partition coefficient (Wildman–Crippen LogP) is 2.83. The van der Waals surface area contributed by atoms with Crippen LogP contribution in [-0.2, 0) is 32.6 Å². The second-order valence-corrected chi connectivity index (χ2v) is 11.9. The molecule has 2 aromatic heterocycles. The number of carbonyl (C=O) groups is 2. The van der Waals surface area contributed by atoms with Crippen LogP contribution in [-0.4, -0.2) is 58.9 Å². The van der Waals surface area contributed by atoms with Crippen molar-refractivity contribution in [3.05, 3.63) is 65.1 Å². The fraction of sp³-hybridized carbons (Fsp3) is 0.407. The number of nitrogens with zero attached hydrogens (tertiary/aromatic N) is 5. The van der Waals surface area contributed by atoms with Crippen LogP contribution in [0.15, 0.2) is 47.5 Å². The van der Waals surface area contributed by atoms with E-state index in [0.717, 1.165) is 23.2 Å². The second kappa shape index (κ2) is 10.3. The zero-order chi connectivity index (χ0) is 27.0. The van der Waals surface area contributed by atoms with Crippen LogP contribution in [0.2, 0.25) is 0 Å². The molecule has 1 aromatic carbocycles. The van der Waals surface area contributed by atoms with Crippen LogP contribution >= 0.6 is 0 Å². The Kier molecular flexibility index (Phi) is 7.06. The number of nitrogens with one attached hydrogen (secondary N) is 1. The number of hydrogen-bond donors (Lipinski definition) is 1. The molecule has 1 N–H and O–H groups in total. The maximum absolute atomic E-state index is 13.7. The van der Waals surface area contributed by atoms with Gasteiger partial charge in [0.15, 0.2) is 0 Å². The molecule has 0 radical (unpaired) electrons. The Morgan fingerprint density at radius 2 is 1.87 bits per heavy atom. The molecule has 200 valence electrons. The number of rotatable bonds is 6. The summed E-state index contributed by atoms with van der Waals surface area (Å²) in [4.78, 5) is 32.1. The van der Waals surface area contributed by atoms with Crippen molar-refractivity contribution >= 4 is 33.3 Å². The van der Waals surface area contributed by atoms with Crippen molar-refractivity contribution < 1.29 is 18.0 Å². The fourth-order valence-corrected chi connectivity index (χ4v) is 7.19.